The van der Waals surface area contributed by atoms with Crippen LogP contribution in [0.3, 0.4) is 0 Å². The van der Waals surface area contributed by atoms with Crippen molar-refractivity contribution in [2.75, 3.05) is 0 Å². The van der Waals surface area contributed by atoms with Gasteiger partial charge in [-0.15, -0.1) is 0 Å². The standard InChI is InChI=1S/C7H5F3N2O3S/c8-7(9,10)16(14,15)4-2-1-3-12-5(4)6(11)13/h1-3H,(H2,11,13). The second kappa shape index (κ2) is 3.74. The molecule has 1 rings (SSSR count). The lowest BCUT2D eigenvalue weighted by atomic mass is 10.3. The van der Waals surface area contributed by atoms with Crippen LogP contribution in [0.4, 0.5) is 13.2 Å². The monoisotopic (exact) mass is 254 g/mol. The predicted octanol–water partition coefficient (Wildman–Crippen LogP) is 0.474. The summed E-state index contributed by atoms with van der Waals surface area (Å²) < 4.78 is 58.6. The van der Waals surface area contributed by atoms with Gasteiger partial charge in [-0.1, -0.05) is 0 Å². The lowest BCUT2D eigenvalue weighted by molar-refractivity contribution is -0.0436. The van der Waals surface area contributed by atoms with Crippen molar-refractivity contribution in [1.82, 2.24) is 4.98 Å². The van der Waals surface area contributed by atoms with Crippen LogP contribution in [0, 0.1) is 0 Å². The van der Waals surface area contributed by atoms with Gasteiger partial charge in [-0.25, -0.2) is 13.4 Å². The molecule has 9 heteroatoms. The van der Waals surface area contributed by atoms with Crippen molar-refractivity contribution in [1.29, 1.82) is 0 Å². The SMILES string of the molecule is NC(=O)c1ncccc1S(=O)(=O)C(F)(F)F. The van der Waals surface area contributed by atoms with E-state index in [1.165, 1.54) is 0 Å². The van der Waals surface area contributed by atoms with Crippen molar-refractivity contribution >= 4 is 15.7 Å². The van der Waals surface area contributed by atoms with Gasteiger partial charge in [0.25, 0.3) is 15.7 Å². The zero-order valence-corrected chi connectivity index (χ0v) is 8.34. The van der Waals surface area contributed by atoms with Crippen LogP contribution in [-0.2, 0) is 9.84 Å². The molecule has 0 aromatic carbocycles. The fraction of sp³-hybridized carbons (Fsp3) is 0.143. The van der Waals surface area contributed by atoms with Crippen LogP contribution in [0.1, 0.15) is 10.5 Å². The Morgan fingerprint density at radius 2 is 1.94 bits per heavy atom. The summed E-state index contributed by atoms with van der Waals surface area (Å²) in [6.45, 7) is 0. The first-order chi connectivity index (χ1) is 7.18. The van der Waals surface area contributed by atoms with Gasteiger partial charge in [0.2, 0.25) is 0 Å². The second-order valence-corrected chi connectivity index (χ2v) is 4.57. The molecule has 1 amide bonds. The Morgan fingerprint density at radius 3 is 2.38 bits per heavy atom. The molecule has 0 aliphatic rings. The van der Waals surface area contributed by atoms with Crippen molar-refractivity contribution in [3.05, 3.63) is 24.0 Å². The fourth-order valence-corrected chi connectivity index (χ4v) is 1.83. The zero-order valence-electron chi connectivity index (χ0n) is 7.52. The molecule has 0 bridgehead atoms. The van der Waals surface area contributed by atoms with E-state index in [0.717, 1.165) is 12.3 Å². The number of amides is 1. The first-order valence-electron chi connectivity index (χ1n) is 3.74. The van der Waals surface area contributed by atoms with E-state index in [-0.39, 0.29) is 0 Å². The van der Waals surface area contributed by atoms with Crippen LogP contribution < -0.4 is 5.73 Å². The molecule has 2 N–H and O–H groups in total. The minimum Gasteiger partial charge on any atom is -0.364 e. The van der Waals surface area contributed by atoms with Crippen molar-refractivity contribution < 1.29 is 26.4 Å². The molecule has 1 heterocycles. The molecular weight excluding hydrogens is 249 g/mol. The number of primary amides is 1. The summed E-state index contributed by atoms with van der Waals surface area (Å²) in [4.78, 5) is 12.7. The summed E-state index contributed by atoms with van der Waals surface area (Å²) >= 11 is 0. The molecule has 0 fully saturated rings. The Kier molecular flexibility index (Phi) is 2.91. The van der Waals surface area contributed by atoms with E-state index in [9.17, 15) is 26.4 Å². The number of halogens is 3. The van der Waals surface area contributed by atoms with Gasteiger partial charge in [-0.05, 0) is 12.1 Å². The molecule has 0 aliphatic heterocycles. The Balaban J connectivity index is 3.52. The summed E-state index contributed by atoms with van der Waals surface area (Å²) in [5, 5.41) is 0. The van der Waals surface area contributed by atoms with E-state index in [4.69, 9.17) is 5.73 Å². The maximum absolute atomic E-state index is 12.2. The maximum atomic E-state index is 12.2. The van der Waals surface area contributed by atoms with E-state index in [1.54, 1.807) is 0 Å². The van der Waals surface area contributed by atoms with E-state index in [1.807, 2.05) is 0 Å². The molecular formula is C7H5F3N2O3S. The topological polar surface area (TPSA) is 90.1 Å². The zero-order chi connectivity index (χ0) is 12.6. The van der Waals surface area contributed by atoms with E-state index in [0.29, 0.717) is 6.07 Å². The van der Waals surface area contributed by atoms with Crippen LogP contribution in [-0.4, -0.2) is 24.8 Å². The molecule has 0 spiro atoms. The number of hydrogen-bond acceptors (Lipinski definition) is 4. The Morgan fingerprint density at radius 1 is 1.38 bits per heavy atom. The number of alkyl halides is 3. The predicted molar refractivity (Wildman–Crippen MR) is 46.0 cm³/mol. The Labute approximate surface area is 88.0 Å². The average Bonchev–Trinajstić information content (AvgIpc) is 2.16. The minimum absolute atomic E-state index is 0.621. The normalized spacial score (nSPS) is 12.4. The molecule has 88 valence electrons. The number of carbonyl (C=O) groups is 1. The number of nitrogens with two attached hydrogens (primary N) is 1. The molecule has 0 radical (unpaired) electrons. The highest BCUT2D eigenvalue weighted by molar-refractivity contribution is 7.92. The third kappa shape index (κ3) is 1.98. The number of nitrogens with zero attached hydrogens (tertiary/aromatic N) is 1. The molecule has 0 saturated heterocycles. The molecule has 16 heavy (non-hydrogen) atoms. The molecule has 0 unspecified atom stereocenters. The van der Waals surface area contributed by atoms with Crippen LogP contribution in [0.5, 0.6) is 0 Å². The lowest BCUT2D eigenvalue weighted by Crippen LogP contribution is -2.27. The number of pyridine rings is 1. The lowest BCUT2D eigenvalue weighted by Gasteiger charge is -2.09. The van der Waals surface area contributed by atoms with Gasteiger partial charge in [0.1, 0.15) is 10.6 Å². The first-order valence-corrected chi connectivity index (χ1v) is 5.22. The molecule has 1 aromatic rings. The van der Waals surface area contributed by atoms with Crippen molar-refractivity contribution in [3.63, 3.8) is 0 Å². The van der Waals surface area contributed by atoms with E-state index < -0.39 is 31.8 Å². The third-order valence-electron chi connectivity index (χ3n) is 1.60. The van der Waals surface area contributed by atoms with Crippen LogP contribution in [0.2, 0.25) is 0 Å². The molecule has 0 atom stereocenters. The summed E-state index contributed by atoms with van der Waals surface area (Å²) in [7, 11) is -5.62. The summed E-state index contributed by atoms with van der Waals surface area (Å²) in [6.07, 6.45) is 0.968. The Hall–Kier alpha value is -1.64. The smallest absolute Gasteiger partial charge is 0.364 e. The summed E-state index contributed by atoms with van der Waals surface area (Å²) in [6, 6.07) is 1.58. The quantitative estimate of drug-likeness (QED) is 0.830. The highest BCUT2D eigenvalue weighted by Crippen LogP contribution is 2.31. The fourth-order valence-electron chi connectivity index (χ4n) is 0.917. The van der Waals surface area contributed by atoms with Gasteiger partial charge < -0.3 is 5.73 Å². The van der Waals surface area contributed by atoms with E-state index >= 15 is 0 Å². The number of hydrogen-bond donors (Lipinski definition) is 1. The third-order valence-corrected chi connectivity index (χ3v) is 3.12. The largest absolute Gasteiger partial charge is 0.501 e. The van der Waals surface area contributed by atoms with E-state index in [2.05, 4.69) is 4.98 Å². The van der Waals surface area contributed by atoms with Gasteiger partial charge in [0.05, 0.1) is 0 Å². The summed E-state index contributed by atoms with van der Waals surface area (Å²) in [5.41, 5.74) is -1.71. The van der Waals surface area contributed by atoms with Gasteiger partial charge in [0.15, 0.2) is 0 Å². The van der Waals surface area contributed by atoms with Crippen LogP contribution in [0.25, 0.3) is 0 Å². The minimum atomic E-state index is -5.62. The number of aromatic nitrogens is 1. The molecule has 1 aromatic heterocycles. The number of carbonyl (C=O) groups excluding carboxylic acids is 1. The van der Waals surface area contributed by atoms with Gasteiger partial charge in [0, 0.05) is 6.20 Å². The second-order valence-electron chi connectivity index (χ2n) is 2.66. The maximum Gasteiger partial charge on any atom is 0.501 e. The van der Waals surface area contributed by atoms with Crippen LogP contribution in [0.15, 0.2) is 23.2 Å². The van der Waals surface area contributed by atoms with Crippen molar-refractivity contribution in [2.24, 2.45) is 5.73 Å². The summed E-state index contributed by atoms with van der Waals surface area (Å²) in [5.74, 6) is -1.34. The van der Waals surface area contributed by atoms with Crippen LogP contribution >= 0.6 is 0 Å². The molecule has 5 nitrogen and oxygen atoms in total. The number of sulfone groups is 1. The molecule has 0 saturated carbocycles. The highest BCUT2D eigenvalue weighted by atomic mass is 32.2. The highest BCUT2D eigenvalue weighted by Gasteiger charge is 2.48. The van der Waals surface area contributed by atoms with Gasteiger partial charge >= 0.3 is 5.51 Å². The van der Waals surface area contributed by atoms with Gasteiger partial charge in [-0.2, -0.15) is 13.2 Å². The van der Waals surface area contributed by atoms with Crippen molar-refractivity contribution in [3.8, 4) is 0 Å². The van der Waals surface area contributed by atoms with Crippen molar-refractivity contribution in [2.45, 2.75) is 10.4 Å². The number of rotatable bonds is 2. The first kappa shape index (κ1) is 12.4. The Bertz CT molecular complexity index is 524. The molecule has 0 aliphatic carbocycles. The van der Waals surface area contributed by atoms with Gasteiger partial charge in [-0.3, -0.25) is 4.79 Å². The average molecular weight is 254 g/mol.